The average Bonchev–Trinajstić information content (AvgIpc) is 3.27. The van der Waals surface area contributed by atoms with Crippen LogP contribution in [-0.4, -0.2) is 51.9 Å². The summed E-state index contributed by atoms with van der Waals surface area (Å²) in [6.07, 6.45) is 2.76. The molecule has 9 nitrogen and oxygen atoms in total. The Morgan fingerprint density at radius 1 is 0.900 bits per heavy atom. The number of thiazole rings is 1. The summed E-state index contributed by atoms with van der Waals surface area (Å²) >= 11 is 7.22. The second-order valence-electron chi connectivity index (χ2n) is 9.36. The maximum Gasteiger partial charge on any atom is 0.308 e. The molecule has 3 aromatic carbocycles. The Morgan fingerprint density at radius 3 is 2.33 bits per heavy atom. The maximum absolute atomic E-state index is 12.9. The molecule has 0 amide bonds. The first-order valence-corrected chi connectivity index (χ1v) is 16.9. The molecule has 40 heavy (non-hydrogen) atoms. The molecule has 1 aliphatic heterocycles. The van der Waals surface area contributed by atoms with Crippen LogP contribution in [0.3, 0.4) is 0 Å². The molecule has 0 unspecified atom stereocenters. The number of aromatic nitrogens is 1. The summed E-state index contributed by atoms with van der Waals surface area (Å²) in [5, 5.41) is 0.554. The lowest BCUT2D eigenvalue weighted by Crippen LogP contribution is -2.35. The van der Waals surface area contributed by atoms with E-state index in [-0.39, 0.29) is 34.4 Å². The van der Waals surface area contributed by atoms with E-state index in [2.05, 4.69) is 4.72 Å². The van der Waals surface area contributed by atoms with Gasteiger partial charge in [0.25, 0.3) is 0 Å². The molecule has 1 saturated heterocycles. The van der Waals surface area contributed by atoms with Crippen LogP contribution in [0.4, 0.5) is 0 Å². The number of ether oxygens (including phenoxy) is 1. The molecule has 0 bridgehead atoms. The Bertz CT molecular complexity index is 1780. The van der Waals surface area contributed by atoms with Gasteiger partial charge in [-0.2, -0.15) is 4.31 Å². The molecule has 0 atom stereocenters. The standard InChI is InChI=1S/C27H28ClN3O6S3/c28-24-7-3-2-6-20(24)19-31-25-13-12-23(18-26(25)38-27(31)32)39(33,34)29-14-17-37-21-8-10-22(11-9-21)40(35,36)30-15-4-1-5-16-30/h2-3,6-13,18,29H,1,4-5,14-17,19H2. The Kier molecular flexibility index (Phi) is 8.64. The van der Waals surface area contributed by atoms with Crippen molar-refractivity contribution < 1.29 is 21.6 Å². The first-order chi connectivity index (χ1) is 19.1. The molecule has 212 valence electrons. The van der Waals surface area contributed by atoms with Crippen LogP contribution in [0.15, 0.2) is 81.3 Å². The molecule has 5 rings (SSSR count). The van der Waals surface area contributed by atoms with E-state index in [4.69, 9.17) is 16.3 Å². The molecule has 1 fully saturated rings. The number of rotatable bonds is 10. The molecule has 0 aliphatic carbocycles. The van der Waals surface area contributed by atoms with Crippen molar-refractivity contribution in [1.29, 1.82) is 0 Å². The molecule has 1 aromatic heterocycles. The van der Waals surface area contributed by atoms with Crippen molar-refractivity contribution in [3.05, 3.63) is 87.0 Å². The number of hydrogen-bond acceptors (Lipinski definition) is 7. The summed E-state index contributed by atoms with van der Waals surface area (Å²) in [5.74, 6) is 0.433. The Morgan fingerprint density at radius 2 is 1.60 bits per heavy atom. The van der Waals surface area contributed by atoms with Crippen LogP contribution in [0.1, 0.15) is 24.8 Å². The van der Waals surface area contributed by atoms with E-state index >= 15 is 0 Å². The van der Waals surface area contributed by atoms with Gasteiger partial charge < -0.3 is 4.74 Å². The van der Waals surface area contributed by atoms with Gasteiger partial charge in [-0.1, -0.05) is 47.6 Å². The fraction of sp³-hybridized carbons (Fsp3) is 0.296. The molecule has 1 N–H and O–H groups in total. The smallest absolute Gasteiger partial charge is 0.308 e. The summed E-state index contributed by atoms with van der Waals surface area (Å²) in [4.78, 5) is 12.7. The van der Waals surface area contributed by atoms with Gasteiger partial charge in [0.05, 0.1) is 26.6 Å². The highest BCUT2D eigenvalue weighted by Crippen LogP contribution is 2.25. The molecule has 0 spiro atoms. The molecule has 2 heterocycles. The Hall–Kier alpha value is -2.74. The number of nitrogens with zero attached hydrogens (tertiary/aromatic N) is 2. The van der Waals surface area contributed by atoms with Crippen molar-refractivity contribution in [2.75, 3.05) is 26.2 Å². The van der Waals surface area contributed by atoms with E-state index in [1.807, 2.05) is 18.2 Å². The third-order valence-corrected chi connectivity index (χ3v) is 11.4. The van der Waals surface area contributed by atoms with Crippen LogP contribution in [0.5, 0.6) is 5.75 Å². The molecular formula is C27H28ClN3O6S3. The van der Waals surface area contributed by atoms with Crippen molar-refractivity contribution in [2.45, 2.75) is 35.6 Å². The largest absolute Gasteiger partial charge is 0.492 e. The number of fused-ring (bicyclic) bond motifs is 1. The lowest BCUT2D eigenvalue weighted by atomic mass is 10.2. The van der Waals surface area contributed by atoms with Gasteiger partial charge in [0.1, 0.15) is 12.4 Å². The Labute approximate surface area is 242 Å². The van der Waals surface area contributed by atoms with E-state index in [9.17, 15) is 21.6 Å². The normalized spacial score (nSPS) is 14.9. The fourth-order valence-electron chi connectivity index (χ4n) is 4.55. The van der Waals surface area contributed by atoms with Crippen LogP contribution in [0.25, 0.3) is 10.2 Å². The van der Waals surface area contributed by atoms with Crippen molar-refractivity contribution in [3.63, 3.8) is 0 Å². The lowest BCUT2D eigenvalue weighted by molar-refractivity contribution is 0.322. The number of piperidine rings is 1. The van der Waals surface area contributed by atoms with E-state index in [1.165, 1.54) is 28.6 Å². The number of sulfonamides is 2. The first-order valence-electron chi connectivity index (χ1n) is 12.7. The minimum atomic E-state index is -3.85. The maximum atomic E-state index is 12.9. The molecule has 13 heteroatoms. The van der Waals surface area contributed by atoms with Gasteiger partial charge in [0.15, 0.2) is 0 Å². The summed E-state index contributed by atoms with van der Waals surface area (Å²) in [5.41, 5.74) is 1.42. The van der Waals surface area contributed by atoms with Crippen molar-refractivity contribution in [3.8, 4) is 5.75 Å². The predicted octanol–water partition coefficient (Wildman–Crippen LogP) is 4.30. The summed E-state index contributed by atoms with van der Waals surface area (Å²) in [6, 6.07) is 18.0. The number of benzene rings is 3. The highest BCUT2D eigenvalue weighted by atomic mass is 35.5. The quantitative estimate of drug-likeness (QED) is 0.264. The zero-order valence-corrected chi connectivity index (χ0v) is 24.7. The van der Waals surface area contributed by atoms with Gasteiger partial charge in [-0.05, 0) is 66.9 Å². The van der Waals surface area contributed by atoms with E-state index in [1.54, 1.807) is 28.8 Å². The van der Waals surface area contributed by atoms with E-state index in [0.717, 1.165) is 36.2 Å². The molecule has 0 saturated carbocycles. The third-order valence-electron chi connectivity index (χ3n) is 6.68. The number of nitrogens with one attached hydrogen (secondary N) is 1. The van der Waals surface area contributed by atoms with Gasteiger partial charge in [0, 0.05) is 24.7 Å². The van der Waals surface area contributed by atoms with Gasteiger partial charge in [0.2, 0.25) is 20.0 Å². The van der Waals surface area contributed by atoms with Crippen LogP contribution < -0.4 is 14.3 Å². The van der Waals surface area contributed by atoms with E-state index < -0.39 is 20.0 Å². The van der Waals surface area contributed by atoms with Crippen molar-refractivity contribution >= 4 is 53.2 Å². The van der Waals surface area contributed by atoms with Crippen LogP contribution in [0.2, 0.25) is 5.02 Å². The van der Waals surface area contributed by atoms with Gasteiger partial charge in [-0.15, -0.1) is 0 Å². The molecule has 4 aromatic rings. The predicted molar refractivity (Wildman–Crippen MR) is 156 cm³/mol. The van der Waals surface area contributed by atoms with Gasteiger partial charge in [-0.3, -0.25) is 9.36 Å². The van der Waals surface area contributed by atoms with Gasteiger partial charge in [-0.25, -0.2) is 21.6 Å². The fourth-order valence-corrected chi connectivity index (χ4v) is 8.31. The zero-order chi connectivity index (χ0) is 28.3. The minimum Gasteiger partial charge on any atom is -0.492 e. The zero-order valence-electron chi connectivity index (χ0n) is 21.5. The average molecular weight is 622 g/mol. The Balaban J connectivity index is 1.19. The third kappa shape index (κ3) is 6.27. The van der Waals surface area contributed by atoms with Crippen LogP contribution in [0, 0.1) is 0 Å². The minimum absolute atomic E-state index is 0.00203. The SMILES string of the molecule is O=c1sc2cc(S(=O)(=O)NCCOc3ccc(S(=O)(=O)N4CCCCC4)cc3)ccc2n1Cc1ccccc1Cl. The van der Waals surface area contributed by atoms with Crippen molar-refractivity contribution in [2.24, 2.45) is 0 Å². The highest BCUT2D eigenvalue weighted by Gasteiger charge is 2.25. The van der Waals surface area contributed by atoms with Crippen molar-refractivity contribution in [1.82, 2.24) is 13.6 Å². The topological polar surface area (TPSA) is 115 Å². The number of halogens is 1. The second kappa shape index (κ2) is 12.0. The monoisotopic (exact) mass is 621 g/mol. The van der Waals surface area contributed by atoms with E-state index in [0.29, 0.717) is 34.1 Å². The molecular weight excluding hydrogens is 594 g/mol. The second-order valence-corrected chi connectivity index (χ2v) is 14.5. The lowest BCUT2D eigenvalue weighted by Gasteiger charge is -2.25. The summed E-state index contributed by atoms with van der Waals surface area (Å²) in [7, 11) is -7.38. The first kappa shape index (κ1) is 28.8. The summed E-state index contributed by atoms with van der Waals surface area (Å²) in [6.45, 7) is 1.38. The van der Waals surface area contributed by atoms with Crippen LogP contribution in [-0.2, 0) is 26.6 Å². The summed E-state index contributed by atoms with van der Waals surface area (Å²) < 4.78 is 63.1. The van der Waals surface area contributed by atoms with Gasteiger partial charge >= 0.3 is 4.87 Å². The number of hydrogen-bond donors (Lipinski definition) is 1. The highest BCUT2D eigenvalue weighted by molar-refractivity contribution is 7.89. The van der Waals surface area contributed by atoms with Crippen LogP contribution >= 0.6 is 22.9 Å². The molecule has 0 radical (unpaired) electrons. The molecule has 1 aliphatic rings.